The van der Waals surface area contributed by atoms with E-state index in [0.29, 0.717) is 12.8 Å². The number of pyridine rings is 1. The molecule has 1 aromatic carbocycles. The molecule has 0 unspecified atom stereocenters. The van der Waals surface area contributed by atoms with Gasteiger partial charge in [-0.25, -0.2) is 0 Å². The maximum atomic E-state index is 12.4. The van der Waals surface area contributed by atoms with Crippen molar-refractivity contribution in [3.63, 3.8) is 0 Å². The van der Waals surface area contributed by atoms with Gasteiger partial charge in [-0.1, -0.05) is 0 Å². The molecule has 1 aromatic heterocycles. The number of benzene rings is 1. The summed E-state index contributed by atoms with van der Waals surface area (Å²) in [7, 11) is 0. The molecule has 0 aliphatic carbocycles. The molecule has 0 aliphatic rings. The van der Waals surface area contributed by atoms with Crippen LogP contribution in [0.4, 0.5) is 0 Å². The van der Waals surface area contributed by atoms with Gasteiger partial charge in [-0.2, -0.15) is 0 Å². The van der Waals surface area contributed by atoms with Crippen LogP contribution in [0.1, 0.15) is 17.5 Å². The molecule has 0 saturated heterocycles. The molecule has 0 aliphatic heterocycles. The minimum absolute atomic E-state index is 0.00241. The summed E-state index contributed by atoms with van der Waals surface area (Å²) in [4.78, 5) is 12.4. The maximum absolute atomic E-state index is 12.4. The van der Waals surface area contributed by atoms with E-state index in [1.807, 2.05) is 37.3 Å². The van der Waals surface area contributed by atoms with Crippen LogP contribution in [0.2, 0.25) is 0 Å². The van der Waals surface area contributed by atoms with Crippen molar-refractivity contribution in [1.29, 1.82) is 0 Å². The van der Waals surface area contributed by atoms with Crippen molar-refractivity contribution in [2.75, 3.05) is 6.61 Å². The number of hydrogen-bond donors (Lipinski definition) is 1. The Bertz CT molecular complexity index is 634. The molecule has 2 rings (SSSR count). The Labute approximate surface area is 121 Å². The Morgan fingerprint density at radius 1 is 1.32 bits per heavy atom. The molecule has 0 bridgehead atoms. The van der Waals surface area contributed by atoms with Crippen LogP contribution < -0.4 is 9.91 Å². The summed E-state index contributed by atoms with van der Waals surface area (Å²) < 4.78 is 2.80. The topological polar surface area (TPSA) is 42.2 Å². The van der Waals surface area contributed by atoms with Crippen LogP contribution in [-0.4, -0.2) is 33.1 Å². The summed E-state index contributed by atoms with van der Waals surface area (Å²) >= 11 is 2.50. The van der Waals surface area contributed by atoms with Crippen molar-refractivity contribution in [3.8, 4) is 5.69 Å². The normalized spacial score (nSPS) is 10.7. The molecule has 0 fully saturated rings. The zero-order valence-corrected chi connectivity index (χ0v) is 12.7. The molecule has 2 aromatic rings. The van der Waals surface area contributed by atoms with Crippen molar-refractivity contribution in [2.24, 2.45) is 0 Å². The van der Waals surface area contributed by atoms with E-state index in [-0.39, 0.29) is 12.2 Å². The van der Waals surface area contributed by atoms with E-state index in [1.54, 1.807) is 10.8 Å². The number of aliphatic hydroxyl groups excluding tert-OH is 1. The van der Waals surface area contributed by atoms with E-state index in [0.717, 1.165) is 21.2 Å². The summed E-state index contributed by atoms with van der Waals surface area (Å²) in [5.74, 6) is 0. The number of nitrogens with zero attached hydrogens (tertiary/aromatic N) is 1. The average Bonchev–Trinajstić information content (AvgIpc) is 2.38. The van der Waals surface area contributed by atoms with Crippen LogP contribution in [-0.2, 0) is 6.42 Å². The Morgan fingerprint density at radius 2 is 2.11 bits per heavy atom. The van der Waals surface area contributed by atoms with Gasteiger partial charge in [0.15, 0.2) is 0 Å². The number of rotatable bonds is 4. The van der Waals surface area contributed by atoms with Gasteiger partial charge in [-0.15, -0.1) is 0 Å². The molecular weight excluding hydrogens is 301 g/mol. The number of aliphatic hydroxyl groups is 1. The Kier molecular flexibility index (Phi) is 4.62. The van der Waals surface area contributed by atoms with E-state index in [4.69, 9.17) is 5.11 Å². The predicted molar refractivity (Wildman–Crippen MR) is 77.6 cm³/mol. The van der Waals surface area contributed by atoms with Crippen molar-refractivity contribution in [1.82, 2.24) is 4.57 Å². The molecular formula is C15H16AsNO2. The van der Waals surface area contributed by atoms with Crippen LogP contribution in [0.25, 0.3) is 5.69 Å². The monoisotopic (exact) mass is 317 g/mol. The average molecular weight is 317 g/mol. The summed E-state index contributed by atoms with van der Waals surface area (Å²) in [5.41, 5.74) is 2.72. The molecule has 98 valence electrons. The molecule has 19 heavy (non-hydrogen) atoms. The van der Waals surface area contributed by atoms with Gasteiger partial charge >= 0.3 is 121 Å². The minimum atomic E-state index is -0.00241. The fraction of sp³-hybridized carbons (Fsp3) is 0.267. The molecule has 0 amide bonds. The first-order chi connectivity index (χ1) is 9.13. The first-order valence-electron chi connectivity index (χ1n) is 6.25. The van der Waals surface area contributed by atoms with Crippen molar-refractivity contribution >= 4 is 21.2 Å². The third-order valence-electron chi connectivity index (χ3n) is 3.07. The van der Waals surface area contributed by atoms with Gasteiger partial charge in [-0.05, 0) is 0 Å². The number of aryl methyl sites for hydroxylation is 2. The van der Waals surface area contributed by atoms with Gasteiger partial charge in [0, 0.05) is 0 Å². The second-order valence-electron chi connectivity index (χ2n) is 4.51. The zero-order valence-electron chi connectivity index (χ0n) is 10.8. The number of aromatic nitrogens is 1. The van der Waals surface area contributed by atoms with Gasteiger partial charge < -0.3 is 0 Å². The van der Waals surface area contributed by atoms with Crippen molar-refractivity contribution in [3.05, 3.63) is 58.0 Å². The van der Waals surface area contributed by atoms with Gasteiger partial charge in [0.05, 0.1) is 0 Å². The predicted octanol–water partition coefficient (Wildman–Crippen LogP) is 0.865. The molecule has 1 N–H and O–H groups in total. The zero-order chi connectivity index (χ0) is 13.8. The third kappa shape index (κ3) is 3.17. The van der Waals surface area contributed by atoms with Crippen LogP contribution in [0.15, 0.2) is 41.3 Å². The molecule has 4 heteroatoms. The van der Waals surface area contributed by atoms with Crippen LogP contribution in [0.5, 0.6) is 0 Å². The first-order valence-corrected chi connectivity index (χ1v) is 7.18. The molecule has 3 nitrogen and oxygen atoms in total. The molecule has 1 heterocycles. The Hall–Kier alpha value is -1.31. The van der Waals surface area contributed by atoms with Gasteiger partial charge in [0.1, 0.15) is 0 Å². The quantitative estimate of drug-likeness (QED) is 0.850. The standard InChI is InChI=1S/C15H16AsNO2/c1-11-10-13(16)6-7-14(11)17-8-2-4-12(15(17)19)5-3-9-18/h2,4,6-8,10,18H,3,5,9H2,1H3. The molecule has 0 saturated carbocycles. The third-order valence-corrected chi connectivity index (χ3v) is 3.65. The van der Waals surface area contributed by atoms with E-state index in [9.17, 15) is 4.79 Å². The van der Waals surface area contributed by atoms with Crippen LogP contribution in [0, 0.1) is 6.92 Å². The summed E-state index contributed by atoms with van der Waals surface area (Å²) in [5, 5.41) is 8.87. The fourth-order valence-corrected chi connectivity index (χ4v) is 2.66. The second-order valence-corrected chi connectivity index (χ2v) is 5.59. The van der Waals surface area contributed by atoms with E-state index >= 15 is 0 Å². The van der Waals surface area contributed by atoms with Crippen LogP contribution in [0.3, 0.4) is 0 Å². The van der Waals surface area contributed by atoms with Gasteiger partial charge in [-0.3, -0.25) is 0 Å². The van der Waals surface area contributed by atoms with Gasteiger partial charge in [0.25, 0.3) is 0 Å². The fourth-order valence-electron chi connectivity index (χ4n) is 2.10. The molecule has 0 atom stereocenters. The first kappa shape index (κ1) is 14.1. The van der Waals surface area contributed by atoms with Crippen molar-refractivity contribution < 1.29 is 5.11 Å². The Balaban J connectivity index is 2.48. The summed E-state index contributed by atoms with van der Waals surface area (Å²) in [6, 6.07) is 9.69. The summed E-state index contributed by atoms with van der Waals surface area (Å²) in [6.45, 7) is 2.11. The van der Waals surface area contributed by atoms with Gasteiger partial charge in [0.2, 0.25) is 0 Å². The molecule has 2 radical (unpaired) electrons. The van der Waals surface area contributed by atoms with E-state index < -0.39 is 0 Å². The summed E-state index contributed by atoms with van der Waals surface area (Å²) in [6.07, 6.45) is 3.01. The molecule has 0 spiro atoms. The van der Waals surface area contributed by atoms with E-state index in [1.165, 1.54) is 0 Å². The Morgan fingerprint density at radius 3 is 2.79 bits per heavy atom. The second kappa shape index (κ2) is 6.22. The van der Waals surface area contributed by atoms with Crippen LogP contribution >= 0.6 is 0 Å². The SMILES string of the molecule is Cc1cc([As])ccc1-n1cccc(CCCO)c1=O. The van der Waals surface area contributed by atoms with E-state index in [2.05, 4.69) is 16.9 Å². The number of hydrogen-bond acceptors (Lipinski definition) is 2. The van der Waals surface area contributed by atoms with Crippen molar-refractivity contribution in [2.45, 2.75) is 19.8 Å².